The number of nitrogens with two attached hydrogens (primary N) is 1. The van der Waals surface area contributed by atoms with E-state index in [0.29, 0.717) is 25.2 Å². The molecule has 0 radical (unpaired) electrons. The minimum Gasteiger partial charge on any atom is -0.491 e. The lowest BCUT2D eigenvalue weighted by molar-refractivity contribution is -0.122. The van der Waals surface area contributed by atoms with Crippen molar-refractivity contribution in [1.29, 1.82) is 0 Å². The molecule has 0 aromatic heterocycles. The Morgan fingerprint density at radius 2 is 2.26 bits per heavy atom. The number of benzene rings is 1. The van der Waals surface area contributed by atoms with Gasteiger partial charge in [0.1, 0.15) is 5.75 Å². The molecule has 1 aromatic rings. The molecule has 5 heteroatoms. The summed E-state index contributed by atoms with van der Waals surface area (Å²) < 4.78 is 5.63. The highest BCUT2D eigenvalue weighted by Gasteiger charge is 2.26. The first kappa shape index (κ1) is 13.4. The van der Waals surface area contributed by atoms with Gasteiger partial charge in [-0.25, -0.2) is 0 Å². The first-order chi connectivity index (χ1) is 8.99. The summed E-state index contributed by atoms with van der Waals surface area (Å²) in [5.74, 6) is 0.240. The van der Waals surface area contributed by atoms with E-state index in [-0.39, 0.29) is 17.7 Å². The third-order valence-electron chi connectivity index (χ3n) is 3.29. The highest BCUT2D eigenvalue weighted by molar-refractivity contribution is 5.96. The van der Waals surface area contributed by atoms with Crippen molar-refractivity contribution in [2.45, 2.75) is 19.8 Å². The van der Waals surface area contributed by atoms with Gasteiger partial charge >= 0.3 is 0 Å². The van der Waals surface area contributed by atoms with Gasteiger partial charge < -0.3 is 15.4 Å². The average Bonchev–Trinajstić information content (AvgIpc) is 2.49. The topological polar surface area (TPSA) is 72.6 Å². The third kappa shape index (κ3) is 2.86. The van der Waals surface area contributed by atoms with Gasteiger partial charge in [0.25, 0.3) is 0 Å². The second-order valence-electron chi connectivity index (χ2n) is 4.88. The standard InChI is InChI=1S/C14H18N2O3/c1-9-8-19-12-5-3-10(4-6-13(15)17)7-11(12)16(2)14(9)18/h3,5,7,9H,4,6,8H2,1-2H3,(H2,15,17)/t9-/m0/s1. The van der Waals surface area contributed by atoms with E-state index in [1.165, 1.54) is 0 Å². The first-order valence-electron chi connectivity index (χ1n) is 6.30. The number of hydrogen-bond donors (Lipinski definition) is 1. The zero-order valence-corrected chi connectivity index (χ0v) is 11.2. The van der Waals surface area contributed by atoms with E-state index < -0.39 is 0 Å². The molecule has 2 amide bonds. The predicted molar refractivity (Wildman–Crippen MR) is 72.0 cm³/mol. The Kier molecular flexibility index (Phi) is 3.74. The van der Waals surface area contributed by atoms with E-state index in [1.807, 2.05) is 25.1 Å². The fourth-order valence-corrected chi connectivity index (χ4v) is 2.11. The van der Waals surface area contributed by atoms with Gasteiger partial charge in [-0.3, -0.25) is 9.59 Å². The maximum atomic E-state index is 12.1. The smallest absolute Gasteiger partial charge is 0.233 e. The number of amides is 2. The Balaban J connectivity index is 2.28. The molecule has 19 heavy (non-hydrogen) atoms. The van der Waals surface area contributed by atoms with Gasteiger partial charge in [-0.15, -0.1) is 0 Å². The van der Waals surface area contributed by atoms with Crippen molar-refractivity contribution in [2.24, 2.45) is 11.7 Å². The van der Waals surface area contributed by atoms with Crippen LogP contribution in [0.15, 0.2) is 18.2 Å². The molecule has 0 aliphatic carbocycles. The summed E-state index contributed by atoms with van der Waals surface area (Å²) in [6, 6.07) is 5.62. The van der Waals surface area contributed by atoms with E-state index in [0.717, 1.165) is 11.3 Å². The zero-order chi connectivity index (χ0) is 14.0. The third-order valence-corrected chi connectivity index (χ3v) is 3.29. The Morgan fingerprint density at radius 1 is 1.53 bits per heavy atom. The summed E-state index contributed by atoms with van der Waals surface area (Å²) in [5.41, 5.74) is 6.86. The molecule has 1 heterocycles. The van der Waals surface area contributed by atoms with Gasteiger partial charge in [0, 0.05) is 13.5 Å². The van der Waals surface area contributed by atoms with Crippen LogP contribution in [0.3, 0.4) is 0 Å². The minimum atomic E-state index is -0.329. The fraction of sp³-hybridized carbons (Fsp3) is 0.429. The van der Waals surface area contributed by atoms with Crippen LogP contribution < -0.4 is 15.4 Å². The van der Waals surface area contributed by atoms with Crippen molar-refractivity contribution in [2.75, 3.05) is 18.6 Å². The van der Waals surface area contributed by atoms with E-state index in [2.05, 4.69) is 0 Å². The van der Waals surface area contributed by atoms with Gasteiger partial charge in [-0.1, -0.05) is 13.0 Å². The number of nitrogens with zero attached hydrogens (tertiary/aromatic N) is 1. The second kappa shape index (κ2) is 5.30. The number of primary amides is 1. The molecule has 1 aliphatic rings. The molecule has 0 saturated heterocycles. The summed E-state index contributed by atoms with van der Waals surface area (Å²) in [4.78, 5) is 24.5. The van der Waals surface area contributed by atoms with E-state index >= 15 is 0 Å². The number of rotatable bonds is 3. The summed E-state index contributed by atoms with van der Waals surface area (Å²) in [7, 11) is 1.74. The van der Waals surface area contributed by atoms with Gasteiger partial charge in [-0.2, -0.15) is 0 Å². The largest absolute Gasteiger partial charge is 0.491 e. The molecule has 0 saturated carbocycles. The van der Waals surface area contributed by atoms with Crippen molar-refractivity contribution in [3.05, 3.63) is 23.8 Å². The molecule has 1 atom stereocenters. The molecule has 0 spiro atoms. The van der Waals surface area contributed by atoms with Crippen LogP contribution in [0.4, 0.5) is 5.69 Å². The lowest BCUT2D eigenvalue weighted by atomic mass is 10.1. The van der Waals surface area contributed by atoms with Crippen LogP contribution in [0.25, 0.3) is 0 Å². The average molecular weight is 262 g/mol. The number of ether oxygens (including phenoxy) is 1. The van der Waals surface area contributed by atoms with Crippen LogP contribution in [0.1, 0.15) is 18.9 Å². The molecule has 0 fully saturated rings. The highest BCUT2D eigenvalue weighted by Crippen LogP contribution is 2.32. The maximum absolute atomic E-state index is 12.1. The molecule has 1 aliphatic heterocycles. The minimum absolute atomic E-state index is 0.0331. The number of aryl methyl sites for hydroxylation is 1. The van der Waals surface area contributed by atoms with E-state index in [4.69, 9.17) is 10.5 Å². The molecule has 5 nitrogen and oxygen atoms in total. The van der Waals surface area contributed by atoms with Crippen molar-refractivity contribution < 1.29 is 14.3 Å². The molecular formula is C14H18N2O3. The van der Waals surface area contributed by atoms with Crippen molar-refractivity contribution >= 4 is 17.5 Å². The number of carbonyl (C=O) groups excluding carboxylic acids is 2. The van der Waals surface area contributed by atoms with E-state index in [9.17, 15) is 9.59 Å². The van der Waals surface area contributed by atoms with Crippen LogP contribution in [0.5, 0.6) is 5.75 Å². The second-order valence-corrected chi connectivity index (χ2v) is 4.88. The number of fused-ring (bicyclic) bond motifs is 1. The normalized spacial score (nSPS) is 18.5. The summed E-state index contributed by atoms with van der Waals surface area (Å²) in [5, 5.41) is 0. The van der Waals surface area contributed by atoms with Gasteiger partial charge in [0.2, 0.25) is 11.8 Å². The fourth-order valence-electron chi connectivity index (χ4n) is 2.11. The number of anilines is 1. The van der Waals surface area contributed by atoms with Crippen molar-refractivity contribution in [1.82, 2.24) is 0 Å². The van der Waals surface area contributed by atoms with Crippen molar-refractivity contribution in [3.63, 3.8) is 0 Å². The van der Waals surface area contributed by atoms with Gasteiger partial charge in [-0.05, 0) is 24.1 Å². The quantitative estimate of drug-likeness (QED) is 0.886. The summed E-state index contributed by atoms with van der Waals surface area (Å²) in [6.07, 6.45) is 0.869. The number of hydrogen-bond acceptors (Lipinski definition) is 3. The van der Waals surface area contributed by atoms with Gasteiger partial charge in [0.15, 0.2) is 0 Å². The molecule has 2 N–H and O–H groups in total. The lowest BCUT2D eigenvalue weighted by Gasteiger charge is -2.18. The lowest BCUT2D eigenvalue weighted by Crippen LogP contribution is -2.31. The SMILES string of the molecule is C[C@H]1COc2ccc(CCC(N)=O)cc2N(C)C1=O. The Hall–Kier alpha value is -2.04. The highest BCUT2D eigenvalue weighted by atomic mass is 16.5. The molecule has 0 unspecified atom stereocenters. The first-order valence-corrected chi connectivity index (χ1v) is 6.30. The van der Waals surface area contributed by atoms with Crippen LogP contribution in [-0.4, -0.2) is 25.5 Å². The molecule has 1 aromatic carbocycles. The van der Waals surface area contributed by atoms with Crippen molar-refractivity contribution in [3.8, 4) is 5.75 Å². The monoisotopic (exact) mass is 262 g/mol. The van der Waals surface area contributed by atoms with Crippen LogP contribution in [-0.2, 0) is 16.0 Å². The maximum Gasteiger partial charge on any atom is 0.233 e. The zero-order valence-electron chi connectivity index (χ0n) is 11.2. The predicted octanol–water partition coefficient (Wildman–Crippen LogP) is 1.10. The number of carbonyl (C=O) groups is 2. The van der Waals surface area contributed by atoms with Crippen LogP contribution >= 0.6 is 0 Å². The van der Waals surface area contributed by atoms with E-state index in [1.54, 1.807) is 11.9 Å². The summed E-state index contributed by atoms with van der Waals surface area (Å²) >= 11 is 0. The van der Waals surface area contributed by atoms with Gasteiger partial charge in [0.05, 0.1) is 18.2 Å². The summed E-state index contributed by atoms with van der Waals surface area (Å²) in [6.45, 7) is 2.23. The Morgan fingerprint density at radius 3 is 2.95 bits per heavy atom. The Labute approximate surface area is 112 Å². The van der Waals surface area contributed by atoms with Crippen LogP contribution in [0, 0.1) is 5.92 Å². The molecule has 2 rings (SSSR count). The molecule has 102 valence electrons. The van der Waals surface area contributed by atoms with Crippen LogP contribution in [0.2, 0.25) is 0 Å². The molecule has 0 bridgehead atoms. The molecular weight excluding hydrogens is 244 g/mol. The Bertz CT molecular complexity index is 513.